The molecule has 0 aliphatic rings. The molecule has 2 N–H and O–H groups in total. The molecular formula is C11H14N2O2. The van der Waals surface area contributed by atoms with Gasteiger partial charge in [0.2, 0.25) is 0 Å². The van der Waals surface area contributed by atoms with Gasteiger partial charge in [-0.05, 0) is 19.1 Å². The van der Waals surface area contributed by atoms with E-state index >= 15 is 0 Å². The van der Waals surface area contributed by atoms with Crippen molar-refractivity contribution in [1.82, 2.24) is 0 Å². The standard InChI is InChI=1S/C11H14N2O2/c1-7-10(14-2)5-4-8(9(13)6-12)11(7)15-3/h4-5,9H,13H2,1-3H3. The molecule has 1 aromatic carbocycles. The summed E-state index contributed by atoms with van der Waals surface area (Å²) in [5, 5.41) is 8.76. The molecule has 4 nitrogen and oxygen atoms in total. The maximum Gasteiger partial charge on any atom is 0.131 e. The highest BCUT2D eigenvalue weighted by molar-refractivity contribution is 5.51. The fourth-order valence-electron chi connectivity index (χ4n) is 1.50. The van der Waals surface area contributed by atoms with Crippen molar-refractivity contribution in [1.29, 1.82) is 5.26 Å². The Labute approximate surface area is 89.2 Å². The molecule has 0 aliphatic carbocycles. The normalized spacial score (nSPS) is 11.7. The van der Waals surface area contributed by atoms with Crippen LogP contribution < -0.4 is 15.2 Å². The van der Waals surface area contributed by atoms with Crippen LogP contribution in [0, 0.1) is 18.3 Å². The summed E-state index contributed by atoms with van der Waals surface area (Å²) in [6.45, 7) is 1.87. The molecule has 4 heteroatoms. The van der Waals surface area contributed by atoms with E-state index in [9.17, 15) is 0 Å². The molecule has 0 spiro atoms. The lowest BCUT2D eigenvalue weighted by Crippen LogP contribution is -2.10. The van der Waals surface area contributed by atoms with Gasteiger partial charge in [-0.3, -0.25) is 0 Å². The first-order chi connectivity index (χ1) is 7.15. The van der Waals surface area contributed by atoms with Crippen molar-refractivity contribution < 1.29 is 9.47 Å². The summed E-state index contributed by atoms with van der Waals surface area (Å²) in [4.78, 5) is 0. The number of methoxy groups -OCH3 is 2. The van der Waals surface area contributed by atoms with Gasteiger partial charge in [0.05, 0.1) is 20.3 Å². The smallest absolute Gasteiger partial charge is 0.131 e. The number of nitriles is 1. The number of nitrogens with zero attached hydrogens (tertiary/aromatic N) is 1. The Morgan fingerprint density at radius 3 is 2.47 bits per heavy atom. The minimum absolute atomic E-state index is 0.614. The second kappa shape index (κ2) is 4.67. The first-order valence-electron chi connectivity index (χ1n) is 4.52. The van der Waals surface area contributed by atoms with Crippen LogP contribution in [0.15, 0.2) is 12.1 Å². The van der Waals surface area contributed by atoms with E-state index in [0.29, 0.717) is 11.3 Å². The van der Waals surface area contributed by atoms with Gasteiger partial charge < -0.3 is 15.2 Å². The molecule has 0 aliphatic heterocycles. The molecular weight excluding hydrogens is 192 g/mol. The van der Waals surface area contributed by atoms with Gasteiger partial charge in [-0.1, -0.05) is 0 Å². The predicted molar refractivity (Wildman–Crippen MR) is 56.8 cm³/mol. The summed E-state index contributed by atoms with van der Waals surface area (Å²) in [7, 11) is 3.14. The molecule has 0 saturated carbocycles. The largest absolute Gasteiger partial charge is 0.496 e. The third-order valence-corrected chi connectivity index (χ3v) is 2.28. The van der Waals surface area contributed by atoms with Crippen LogP contribution in [-0.4, -0.2) is 14.2 Å². The van der Waals surface area contributed by atoms with Crippen molar-refractivity contribution in [2.45, 2.75) is 13.0 Å². The van der Waals surface area contributed by atoms with Crippen LogP contribution in [0.2, 0.25) is 0 Å². The molecule has 0 amide bonds. The highest BCUT2D eigenvalue weighted by Crippen LogP contribution is 2.33. The van der Waals surface area contributed by atoms with Crippen molar-refractivity contribution >= 4 is 0 Å². The Kier molecular flexibility index (Phi) is 3.53. The minimum atomic E-state index is -0.676. The average Bonchev–Trinajstić information content (AvgIpc) is 2.27. The number of ether oxygens (including phenoxy) is 2. The van der Waals surface area contributed by atoms with Gasteiger partial charge in [-0.2, -0.15) is 5.26 Å². The predicted octanol–water partition coefficient (Wildman–Crippen LogP) is 1.54. The number of benzene rings is 1. The van der Waals surface area contributed by atoms with E-state index in [4.69, 9.17) is 20.5 Å². The molecule has 0 bridgehead atoms. The van der Waals surface area contributed by atoms with Gasteiger partial charge in [0.25, 0.3) is 0 Å². The topological polar surface area (TPSA) is 68.3 Å². The van der Waals surface area contributed by atoms with E-state index in [0.717, 1.165) is 11.3 Å². The lowest BCUT2D eigenvalue weighted by molar-refractivity contribution is 0.384. The van der Waals surface area contributed by atoms with Crippen molar-refractivity contribution in [3.63, 3.8) is 0 Å². The molecule has 0 aromatic heterocycles. The fourth-order valence-corrected chi connectivity index (χ4v) is 1.50. The number of nitrogens with two attached hydrogens (primary N) is 1. The lowest BCUT2D eigenvalue weighted by Gasteiger charge is -2.15. The second-order valence-electron chi connectivity index (χ2n) is 3.12. The fraction of sp³-hybridized carbons (Fsp3) is 0.364. The molecule has 1 atom stereocenters. The van der Waals surface area contributed by atoms with E-state index in [2.05, 4.69) is 0 Å². The maximum absolute atomic E-state index is 8.76. The van der Waals surface area contributed by atoms with Crippen LogP contribution in [-0.2, 0) is 0 Å². The summed E-state index contributed by atoms with van der Waals surface area (Å²) in [5.41, 5.74) is 7.18. The Morgan fingerprint density at radius 2 is 2.00 bits per heavy atom. The third kappa shape index (κ3) is 2.03. The first-order valence-corrected chi connectivity index (χ1v) is 4.52. The van der Waals surface area contributed by atoms with Gasteiger partial charge in [0, 0.05) is 11.1 Å². The summed E-state index contributed by atoms with van der Waals surface area (Å²) in [6, 6.07) is 4.83. The number of hydrogen-bond acceptors (Lipinski definition) is 4. The van der Waals surface area contributed by atoms with Crippen molar-refractivity contribution in [3.05, 3.63) is 23.3 Å². The SMILES string of the molecule is COc1ccc(C(N)C#N)c(OC)c1C. The molecule has 1 unspecified atom stereocenters. The Bertz CT molecular complexity index is 396. The minimum Gasteiger partial charge on any atom is -0.496 e. The summed E-state index contributed by atoms with van der Waals surface area (Å²) >= 11 is 0. The lowest BCUT2D eigenvalue weighted by atomic mass is 10.0. The van der Waals surface area contributed by atoms with Crippen LogP contribution in [0.1, 0.15) is 17.2 Å². The Morgan fingerprint density at radius 1 is 1.33 bits per heavy atom. The summed E-state index contributed by atoms with van der Waals surface area (Å²) in [5.74, 6) is 1.34. The van der Waals surface area contributed by atoms with Gasteiger partial charge >= 0.3 is 0 Å². The summed E-state index contributed by atoms with van der Waals surface area (Å²) in [6.07, 6.45) is 0. The van der Waals surface area contributed by atoms with E-state index in [-0.39, 0.29) is 0 Å². The zero-order valence-corrected chi connectivity index (χ0v) is 9.07. The van der Waals surface area contributed by atoms with Gasteiger partial charge in [0.1, 0.15) is 17.5 Å². The second-order valence-corrected chi connectivity index (χ2v) is 3.12. The van der Waals surface area contributed by atoms with E-state index in [1.54, 1.807) is 26.4 Å². The van der Waals surface area contributed by atoms with Crippen LogP contribution in [0.4, 0.5) is 0 Å². The molecule has 0 fully saturated rings. The molecule has 0 radical (unpaired) electrons. The van der Waals surface area contributed by atoms with Crippen molar-refractivity contribution in [3.8, 4) is 17.6 Å². The van der Waals surface area contributed by atoms with Crippen LogP contribution in [0.5, 0.6) is 11.5 Å². The zero-order valence-electron chi connectivity index (χ0n) is 9.07. The van der Waals surface area contributed by atoms with Crippen molar-refractivity contribution in [2.75, 3.05) is 14.2 Å². The van der Waals surface area contributed by atoms with E-state index in [1.165, 1.54) is 0 Å². The molecule has 0 heterocycles. The van der Waals surface area contributed by atoms with E-state index in [1.807, 2.05) is 13.0 Å². The quantitative estimate of drug-likeness (QED) is 0.814. The molecule has 15 heavy (non-hydrogen) atoms. The van der Waals surface area contributed by atoms with Crippen molar-refractivity contribution in [2.24, 2.45) is 5.73 Å². The average molecular weight is 206 g/mol. The third-order valence-electron chi connectivity index (χ3n) is 2.28. The monoisotopic (exact) mass is 206 g/mol. The highest BCUT2D eigenvalue weighted by atomic mass is 16.5. The van der Waals surface area contributed by atoms with Gasteiger partial charge in [-0.15, -0.1) is 0 Å². The number of rotatable bonds is 3. The highest BCUT2D eigenvalue weighted by Gasteiger charge is 2.15. The Hall–Kier alpha value is -1.73. The first kappa shape index (κ1) is 11.3. The van der Waals surface area contributed by atoms with Crippen LogP contribution in [0.25, 0.3) is 0 Å². The van der Waals surface area contributed by atoms with Crippen LogP contribution in [0.3, 0.4) is 0 Å². The molecule has 1 rings (SSSR count). The summed E-state index contributed by atoms with van der Waals surface area (Å²) < 4.78 is 10.4. The molecule has 0 saturated heterocycles. The number of hydrogen-bond donors (Lipinski definition) is 1. The van der Waals surface area contributed by atoms with E-state index < -0.39 is 6.04 Å². The molecule has 80 valence electrons. The van der Waals surface area contributed by atoms with Gasteiger partial charge in [-0.25, -0.2) is 0 Å². The molecule has 1 aromatic rings. The van der Waals surface area contributed by atoms with Gasteiger partial charge in [0.15, 0.2) is 0 Å². The maximum atomic E-state index is 8.76. The zero-order chi connectivity index (χ0) is 11.4. The van der Waals surface area contributed by atoms with Crippen LogP contribution >= 0.6 is 0 Å². The Balaban J connectivity index is 3.32.